The zero-order chi connectivity index (χ0) is 24.6. The number of hydrogen-bond donors (Lipinski definition) is 0. The number of aromatic nitrogens is 3. The summed E-state index contributed by atoms with van der Waals surface area (Å²) in [5, 5.41) is 19.5. The lowest BCUT2D eigenvalue weighted by atomic mass is 10.1. The van der Waals surface area contributed by atoms with Gasteiger partial charge in [0.1, 0.15) is 11.5 Å². The van der Waals surface area contributed by atoms with E-state index in [9.17, 15) is 23.3 Å². The number of nitro benzene ring substituents is 1. The standard InChI is InChI=1S/C20H21ClF3N7O3/c1-3-28(4-2)15-10-14(16-17(27-34-26-16)18(15)31(32)33)29-5-7-30(8-6-29)19-13(21)9-12(11-25-19)20(22,23)24/h9-11H,3-8H2,1-2H3. The fourth-order valence-electron chi connectivity index (χ4n) is 4.10. The van der Waals surface area contributed by atoms with E-state index in [4.69, 9.17) is 16.2 Å². The molecule has 0 aliphatic carbocycles. The Kier molecular flexibility index (Phi) is 6.39. The molecule has 182 valence electrons. The third-order valence-electron chi connectivity index (χ3n) is 5.83. The number of pyridine rings is 1. The molecule has 14 heteroatoms. The largest absolute Gasteiger partial charge is 0.417 e. The van der Waals surface area contributed by atoms with Gasteiger partial charge in [-0.15, -0.1) is 0 Å². The topological polar surface area (TPSA) is 105 Å². The summed E-state index contributed by atoms with van der Waals surface area (Å²) in [6, 6.07) is 2.59. The predicted molar refractivity (Wildman–Crippen MR) is 121 cm³/mol. The first kappa shape index (κ1) is 23.8. The Morgan fingerprint density at radius 1 is 1.12 bits per heavy atom. The van der Waals surface area contributed by atoms with E-state index in [1.807, 2.05) is 23.6 Å². The third-order valence-corrected chi connectivity index (χ3v) is 6.11. The zero-order valence-corrected chi connectivity index (χ0v) is 19.1. The van der Waals surface area contributed by atoms with Gasteiger partial charge in [-0.25, -0.2) is 9.61 Å². The molecule has 0 bridgehead atoms. The van der Waals surface area contributed by atoms with Crippen molar-refractivity contribution < 1.29 is 22.7 Å². The molecule has 0 unspecified atom stereocenters. The Balaban J connectivity index is 1.63. The highest BCUT2D eigenvalue weighted by atomic mass is 35.5. The van der Waals surface area contributed by atoms with Crippen LogP contribution in [0.4, 0.5) is 36.1 Å². The third kappa shape index (κ3) is 4.27. The summed E-state index contributed by atoms with van der Waals surface area (Å²) in [4.78, 5) is 20.9. The molecule has 4 rings (SSSR count). The normalized spacial score (nSPS) is 14.6. The van der Waals surface area contributed by atoms with E-state index in [-0.39, 0.29) is 27.6 Å². The molecule has 0 amide bonds. The average molecular weight is 500 g/mol. The number of alkyl halides is 3. The monoisotopic (exact) mass is 499 g/mol. The lowest BCUT2D eigenvalue weighted by Crippen LogP contribution is -2.47. The Labute approximate surface area is 197 Å². The Morgan fingerprint density at radius 3 is 2.29 bits per heavy atom. The van der Waals surface area contributed by atoms with Gasteiger partial charge in [0.25, 0.3) is 0 Å². The molecule has 3 heterocycles. The van der Waals surface area contributed by atoms with E-state index in [2.05, 4.69) is 15.3 Å². The highest BCUT2D eigenvalue weighted by Gasteiger charge is 2.33. The second kappa shape index (κ2) is 9.12. The van der Waals surface area contributed by atoms with Crippen LogP contribution in [0.15, 0.2) is 23.0 Å². The maximum Gasteiger partial charge on any atom is 0.417 e. The number of hydrogen-bond acceptors (Lipinski definition) is 9. The summed E-state index contributed by atoms with van der Waals surface area (Å²) in [5.41, 5.74) is 0.331. The van der Waals surface area contributed by atoms with E-state index in [1.54, 1.807) is 11.0 Å². The maximum atomic E-state index is 12.9. The van der Waals surface area contributed by atoms with Crippen molar-refractivity contribution in [2.45, 2.75) is 20.0 Å². The quantitative estimate of drug-likeness (QED) is 0.361. The number of benzene rings is 1. The SMILES string of the molecule is CCN(CC)c1cc(N2CCN(c3ncc(C(F)(F)F)cc3Cl)CC2)c2nonc2c1[N+](=O)[O-]. The van der Waals surface area contributed by atoms with Gasteiger partial charge in [0.2, 0.25) is 5.52 Å². The van der Waals surface area contributed by atoms with Gasteiger partial charge in [-0.2, -0.15) is 13.2 Å². The smallest absolute Gasteiger partial charge is 0.366 e. The van der Waals surface area contributed by atoms with Crippen LogP contribution < -0.4 is 14.7 Å². The van der Waals surface area contributed by atoms with E-state index >= 15 is 0 Å². The highest BCUT2D eigenvalue weighted by Crippen LogP contribution is 2.41. The fourth-order valence-corrected chi connectivity index (χ4v) is 4.39. The van der Waals surface area contributed by atoms with Crippen LogP contribution >= 0.6 is 11.6 Å². The molecule has 0 atom stereocenters. The van der Waals surface area contributed by atoms with E-state index < -0.39 is 16.7 Å². The van der Waals surface area contributed by atoms with Crippen LogP contribution in [0.1, 0.15) is 19.4 Å². The van der Waals surface area contributed by atoms with Crippen LogP contribution in [0.5, 0.6) is 0 Å². The van der Waals surface area contributed by atoms with Crippen molar-refractivity contribution in [1.82, 2.24) is 15.3 Å². The molecule has 0 spiro atoms. The number of nitrogens with zero attached hydrogens (tertiary/aromatic N) is 7. The molecular formula is C20H21ClF3N7O3. The minimum atomic E-state index is -4.52. The van der Waals surface area contributed by atoms with E-state index in [0.717, 1.165) is 12.3 Å². The van der Waals surface area contributed by atoms with Crippen LogP contribution in [-0.4, -0.2) is 59.5 Å². The number of anilines is 3. The molecule has 10 nitrogen and oxygen atoms in total. The molecule has 1 saturated heterocycles. The van der Waals surface area contributed by atoms with Crippen molar-refractivity contribution in [1.29, 1.82) is 0 Å². The van der Waals surface area contributed by atoms with Crippen molar-refractivity contribution in [3.63, 3.8) is 0 Å². The minimum Gasteiger partial charge on any atom is -0.366 e. The summed E-state index contributed by atoms with van der Waals surface area (Å²) in [6.07, 6.45) is -3.76. The lowest BCUT2D eigenvalue weighted by molar-refractivity contribution is -0.382. The predicted octanol–water partition coefficient (Wildman–Crippen LogP) is 4.37. The molecule has 1 aliphatic heterocycles. The molecule has 0 saturated carbocycles. The first-order chi connectivity index (χ1) is 16.2. The summed E-state index contributed by atoms with van der Waals surface area (Å²) in [7, 11) is 0. The Hall–Kier alpha value is -3.35. The summed E-state index contributed by atoms with van der Waals surface area (Å²) < 4.78 is 43.6. The van der Waals surface area contributed by atoms with Crippen molar-refractivity contribution in [2.24, 2.45) is 0 Å². The van der Waals surface area contributed by atoms with Gasteiger partial charge < -0.3 is 14.7 Å². The van der Waals surface area contributed by atoms with Crippen LogP contribution in [-0.2, 0) is 6.18 Å². The van der Waals surface area contributed by atoms with Gasteiger partial charge >= 0.3 is 11.9 Å². The molecular weight excluding hydrogens is 479 g/mol. The number of fused-ring (bicyclic) bond motifs is 1. The van der Waals surface area contributed by atoms with Crippen molar-refractivity contribution in [3.8, 4) is 0 Å². The van der Waals surface area contributed by atoms with Gasteiger partial charge in [-0.3, -0.25) is 10.1 Å². The maximum absolute atomic E-state index is 12.9. The van der Waals surface area contributed by atoms with Crippen molar-refractivity contribution in [3.05, 3.63) is 39.0 Å². The van der Waals surface area contributed by atoms with Gasteiger partial charge in [0.15, 0.2) is 5.52 Å². The average Bonchev–Trinajstić information content (AvgIpc) is 3.28. The molecule has 34 heavy (non-hydrogen) atoms. The molecule has 3 aromatic rings. The molecule has 1 aromatic carbocycles. The molecule has 2 aromatic heterocycles. The molecule has 0 N–H and O–H groups in total. The molecule has 1 aliphatic rings. The van der Waals surface area contributed by atoms with Crippen molar-refractivity contribution >= 4 is 45.5 Å². The fraction of sp³-hybridized carbons (Fsp3) is 0.450. The summed E-state index contributed by atoms with van der Waals surface area (Å²) in [6.45, 7) is 6.66. The van der Waals surface area contributed by atoms with Gasteiger partial charge in [-0.1, -0.05) is 11.6 Å². The van der Waals surface area contributed by atoms with Crippen LogP contribution in [0, 0.1) is 10.1 Å². The summed E-state index contributed by atoms with van der Waals surface area (Å²) >= 11 is 6.10. The first-order valence-corrected chi connectivity index (χ1v) is 10.9. The van der Waals surface area contributed by atoms with Crippen LogP contribution in [0.2, 0.25) is 5.02 Å². The zero-order valence-electron chi connectivity index (χ0n) is 18.3. The Bertz CT molecular complexity index is 1210. The van der Waals surface area contributed by atoms with Crippen molar-refractivity contribution in [2.75, 3.05) is 54.0 Å². The van der Waals surface area contributed by atoms with E-state index in [1.165, 1.54) is 0 Å². The van der Waals surface area contributed by atoms with Crippen LogP contribution in [0.3, 0.4) is 0 Å². The van der Waals surface area contributed by atoms with Gasteiger partial charge in [0.05, 0.1) is 21.2 Å². The Morgan fingerprint density at radius 2 is 1.74 bits per heavy atom. The second-order valence-electron chi connectivity index (χ2n) is 7.66. The number of halogens is 4. The highest BCUT2D eigenvalue weighted by molar-refractivity contribution is 6.33. The van der Waals surface area contributed by atoms with Gasteiger partial charge in [-0.05, 0) is 36.3 Å². The number of piperazine rings is 1. The molecule has 0 radical (unpaired) electrons. The first-order valence-electron chi connectivity index (χ1n) is 10.6. The minimum absolute atomic E-state index is 0.0688. The number of nitro groups is 1. The van der Waals surface area contributed by atoms with E-state index in [0.29, 0.717) is 50.6 Å². The lowest BCUT2D eigenvalue weighted by Gasteiger charge is -2.37. The van der Waals surface area contributed by atoms with Crippen LogP contribution in [0.25, 0.3) is 11.0 Å². The van der Waals surface area contributed by atoms with Gasteiger partial charge in [0, 0.05) is 45.5 Å². The molecule has 1 fully saturated rings. The summed E-state index contributed by atoms with van der Waals surface area (Å²) in [5.74, 6) is 0.273. The number of rotatable bonds is 6. The second-order valence-corrected chi connectivity index (χ2v) is 8.06.